The number of piperazine rings is 1. The summed E-state index contributed by atoms with van der Waals surface area (Å²) >= 11 is 0. The van der Waals surface area contributed by atoms with Crippen LogP contribution in [0.1, 0.15) is 13.8 Å². The number of hydrogen-bond donors (Lipinski definition) is 0. The lowest BCUT2D eigenvalue weighted by Crippen LogP contribution is -2.58. The molecule has 0 bridgehead atoms. The van der Waals surface area contributed by atoms with Crippen molar-refractivity contribution in [1.82, 2.24) is 14.7 Å². The van der Waals surface area contributed by atoms with Crippen LogP contribution in [-0.2, 0) is 4.79 Å². The Bertz CT molecular complexity index is 238. The van der Waals surface area contributed by atoms with E-state index < -0.39 is 0 Å². The van der Waals surface area contributed by atoms with Crippen molar-refractivity contribution >= 4 is 5.91 Å². The van der Waals surface area contributed by atoms with E-state index in [1.54, 1.807) is 0 Å². The third-order valence-corrected chi connectivity index (χ3v) is 3.04. The molecule has 1 amide bonds. The van der Waals surface area contributed by atoms with Gasteiger partial charge in [0.25, 0.3) is 0 Å². The Morgan fingerprint density at radius 3 is 2.50 bits per heavy atom. The van der Waals surface area contributed by atoms with Crippen LogP contribution in [0.2, 0.25) is 0 Å². The first-order valence-electron chi connectivity index (χ1n) is 6.05. The van der Waals surface area contributed by atoms with Crippen LogP contribution in [0.15, 0.2) is 0 Å². The van der Waals surface area contributed by atoms with Gasteiger partial charge in [0.2, 0.25) is 5.91 Å². The van der Waals surface area contributed by atoms with Crippen molar-refractivity contribution in [2.75, 3.05) is 47.3 Å². The second-order valence-electron chi connectivity index (χ2n) is 5.36. The van der Waals surface area contributed by atoms with Gasteiger partial charge in [-0.3, -0.25) is 4.79 Å². The van der Waals surface area contributed by atoms with Gasteiger partial charge in [-0.2, -0.15) is 0 Å². The fraction of sp³-hybridized carbons (Fsp3) is 0.917. The van der Waals surface area contributed by atoms with E-state index in [1.165, 1.54) is 0 Å². The summed E-state index contributed by atoms with van der Waals surface area (Å²) < 4.78 is 0. The maximum atomic E-state index is 12.1. The third-order valence-electron chi connectivity index (χ3n) is 3.04. The van der Waals surface area contributed by atoms with E-state index in [0.717, 1.165) is 26.2 Å². The summed E-state index contributed by atoms with van der Waals surface area (Å²) in [5, 5.41) is 0. The highest BCUT2D eigenvalue weighted by Crippen LogP contribution is 2.13. The van der Waals surface area contributed by atoms with Crippen LogP contribution in [0, 0.1) is 5.92 Å². The maximum absolute atomic E-state index is 12.1. The molecule has 0 aromatic rings. The van der Waals surface area contributed by atoms with Gasteiger partial charge in [0.05, 0.1) is 6.04 Å². The van der Waals surface area contributed by atoms with Crippen molar-refractivity contribution < 1.29 is 4.79 Å². The summed E-state index contributed by atoms with van der Waals surface area (Å²) in [7, 11) is 6.25. The number of amides is 1. The fourth-order valence-corrected chi connectivity index (χ4v) is 2.21. The van der Waals surface area contributed by atoms with E-state index in [9.17, 15) is 4.79 Å². The lowest BCUT2D eigenvalue weighted by atomic mass is 10.1. The van der Waals surface area contributed by atoms with Crippen LogP contribution in [0.5, 0.6) is 0 Å². The Balaban J connectivity index is 2.68. The monoisotopic (exact) mass is 227 g/mol. The van der Waals surface area contributed by atoms with E-state index in [1.807, 2.05) is 13.8 Å². The number of rotatable bonds is 3. The summed E-state index contributed by atoms with van der Waals surface area (Å²) in [5.74, 6) is 0.396. The predicted octanol–water partition coefficient (Wildman–Crippen LogP) is 0.347. The molecule has 16 heavy (non-hydrogen) atoms. The van der Waals surface area contributed by atoms with Gasteiger partial charge in [-0.15, -0.1) is 0 Å². The molecule has 1 aliphatic heterocycles. The SMILES string of the molecule is CC(C)C(=O)N1CCN(C)CC1CN(C)C. The zero-order chi connectivity index (χ0) is 12.3. The largest absolute Gasteiger partial charge is 0.336 e. The molecule has 1 rings (SSSR count). The topological polar surface area (TPSA) is 26.8 Å². The van der Waals surface area contributed by atoms with Gasteiger partial charge < -0.3 is 14.7 Å². The lowest BCUT2D eigenvalue weighted by molar-refractivity contribution is -0.139. The molecule has 0 saturated carbocycles. The van der Waals surface area contributed by atoms with Gasteiger partial charge in [-0.05, 0) is 21.1 Å². The molecule has 0 radical (unpaired) electrons. The van der Waals surface area contributed by atoms with Gasteiger partial charge in [0, 0.05) is 32.1 Å². The molecule has 0 aromatic heterocycles. The first kappa shape index (κ1) is 13.5. The maximum Gasteiger partial charge on any atom is 0.225 e. The van der Waals surface area contributed by atoms with Crippen molar-refractivity contribution in [3.8, 4) is 0 Å². The van der Waals surface area contributed by atoms with Crippen molar-refractivity contribution in [2.24, 2.45) is 5.92 Å². The number of hydrogen-bond acceptors (Lipinski definition) is 3. The molecule has 0 aliphatic carbocycles. The van der Waals surface area contributed by atoms with Gasteiger partial charge >= 0.3 is 0 Å². The second-order valence-corrected chi connectivity index (χ2v) is 5.36. The highest BCUT2D eigenvalue weighted by atomic mass is 16.2. The summed E-state index contributed by atoms with van der Waals surface area (Å²) in [4.78, 5) is 18.6. The minimum absolute atomic E-state index is 0.105. The number of carbonyl (C=O) groups excluding carboxylic acids is 1. The molecular weight excluding hydrogens is 202 g/mol. The normalized spacial score (nSPS) is 23.2. The first-order chi connectivity index (χ1) is 7.41. The average molecular weight is 227 g/mol. The minimum atomic E-state index is 0.105. The quantitative estimate of drug-likeness (QED) is 0.696. The molecule has 4 heteroatoms. The van der Waals surface area contributed by atoms with Crippen LogP contribution < -0.4 is 0 Å². The summed E-state index contributed by atoms with van der Waals surface area (Å²) in [6.45, 7) is 7.74. The molecule has 1 heterocycles. The van der Waals surface area contributed by atoms with E-state index in [0.29, 0.717) is 11.9 Å². The van der Waals surface area contributed by atoms with Crippen LogP contribution in [0.4, 0.5) is 0 Å². The summed E-state index contributed by atoms with van der Waals surface area (Å²) in [5.41, 5.74) is 0. The summed E-state index contributed by atoms with van der Waals surface area (Å²) in [6.07, 6.45) is 0. The van der Waals surface area contributed by atoms with Crippen molar-refractivity contribution in [3.05, 3.63) is 0 Å². The van der Waals surface area contributed by atoms with E-state index >= 15 is 0 Å². The van der Waals surface area contributed by atoms with Crippen molar-refractivity contribution in [2.45, 2.75) is 19.9 Å². The number of nitrogens with zero attached hydrogens (tertiary/aromatic N) is 3. The van der Waals surface area contributed by atoms with Gasteiger partial charge in [-0.1, -0.05) is 13.8 Å². The van der Waals surface area contributed by atoms with Gasteiger partial charge in [-0.25, -0.2) is 0 Å². The fourth-order valence-electron chi connectivity index (χ4n) is 2.21. The highest BCUT2D eigenvalue weighted by molar-refractivity contribution is 5.78. The Hall–Kier alpha value is -0.610. The zero-order valence-corrected chi connectivity index (χ0v) is 11.2. The van der Waals surface area contributed by atoms with Gasteiger partial charge in [0.1, 0.15) is 0 Å². The van der Waals surface area contributed by atoms with Crippen LogP contribution in [0.25, 0.3) is 0 Å². The van der Waals surface area contributed by atoms with Crippen molar-refractivity contribution in [3.63, 3.8) is 0 Å². The van der Waals surface area contributed by atoms with E-state index in [2.05, 4.69) is 35.8 Å². The van der Waals surface area contributed by atoms with E-state index in [-0.39, 0.29) is 5.92 Å². The van der Waals surface area contributed by atoms with Crippen LogP contribution in [0.3, 0.4) is 0 Å². The molecule has 0 aromatic carbocycles. The standard InChI is InChI=1S/C12H25N3O/c1-10(2)12(16)15-7-6-14(5)9-11(15)8-13(3)4/h10-11H,6-9H2,1-5H3. The van der Waals surface area contributed by atoms with Crippen molar-refractivity contribution in [1.29, 1.82) is 0 Å². The molecule has 1 aliphatic rings. The molecule has 0 N–H and O–H groups in total. The molecule has 1 unspecified atom stereocenters. The molecule has 94 valence electrons. The predicted molar refractivity (Wildman–Crippen MR) is 66.4 cm³/mol. The van der Waals surface area contributed by atoms with E-state index in [4.69, 9.17) is 0 Å². The molecular formula is C12H25N3O. The van der Waals surface area contributed by atoms with Crippen LogP contribution >= 0.6 is 0 Å². The molecule has 4 nitrogen and oxygen atoms in total. The second kappa shape index (κ2) is 5.64. The Morgan fingerprint density at radius 2 is 2.00 bits per heavy atom. The Kier molecular flexibility index (Phi) is 4.74. The van der Waals surface area contributed by atoms with Crippen LogP contribution in [-0.4, -0.2) is 74.0 Å². The Labute approximate surface area is 99.2 Å². The molecule has 1 saturated heterocycles. The summed E-state index contributed by atoms with van der Waals surface area (Å²) in [6, 6.07) is 0.337. The number of carbonyl (C=O) groups is 1. The van der Waals surface area contributed by atoms with Gasteiger partial charge in [0.15, 0.2) is 0 Å². The molecule has 1 fully saturated rings. The highest BCUT2D eigenvalue weighted by Gasteiger charge is 2.30. The smallest absolute Gasteiger partial charge is 0.225 e. The number of likely N-dealkylation sites (N-methyl/N-ethyl adjacent to an activating group) is 2. The average Bonchev–Trinajstić information content (AvgIpc) is 2.15. The third kappa shape index (κ3) is 3.46. The first-order valence-corrected chi connectivity index (χ1v) is 6.05. The minimum Gasteiger partial charge on any atom is -0.336 e. The zero-order valence-electron chi connectivity index (χ0n) is 11.2. The molecule has 1 atom stereocenters. The Morgan fingerprint density at radius 1 is 1.38 bits per heavy atom. The molecule has 0 spiro atoms. The lowest BCUT2D eigenvalue weighted by Gasteiger charge is -2.42.